The number of fused-ring (bicyclic) bond motifs is 1. The lowest BCUT2D eigenvalue weighted by Crippen LogP contribution is -2.17. The Bertz CT molecular complexity index is 1170. The number of hydrogen-bond acceptors (Lipinski definition) is 6. The lowest BCUT2D eigenvalue weighted by molar-refractivity contribution is 0.320. The minimum atomic E-state index is 0.578. The number of aryl methyl sites for hydroxylation is 2. The highest BCUT2D eigenvalue weighted by molar-refractivity contribution is 5.76. The Morgan fingerprint density at radius 3 is 2.41 bits per heavy atom. The fraction of sp³-hybridized carbons (Fsp3) is 0.385. The van der Waals surface area contributed by atoms with Gasteiger partial charge >= 0.3 is 0 Å². The first-order valence-electron chi connectivity index (χ1n) is 11.2. The first-order valence-corrected chi connectivity index (χ1v) is 11.2. The van der Waals surface area contributed by atoms with E-state index in [0.29, 0.717) is 5.95 Å². The predicted molar refractivity (Wildman–Crippen MR) is 133 cm³/mol. The van der Waals surface area contributed by atoms with E-state index in [0.717, 1.165) is 64.9 Å². The average molecular weight is 432 g/mol. The zero-order valence-corrected chi connectivity index (χ0v) is 20.2. The third kappa shape index (κ3) is 4.09. The van der Waals surface area contributed by atoms with Gasteiger partial charge in [-0.25, -0.2) is 4.98 Å². The van der Waals surface area contributed by atoms with Crippen LogP contribution in [-0.2, 0) is 0 Å². The summed E-state index contributed by atoms with van der Waals surface area (Å²) >= 11 is 0. The van der Waals surface area contributed by atoms with Gasteiger partial charge in [-0.15, -0.1) is 0 Å². The van der Waals surface area contributed by atoms with Crippen molar-refractivity contribution in [3.8, 4) is 5.75 Å². The maximum atomic E-state index is 6.07. The summed E-state index contributed by atoms with van der Waals surface area (Å²) in [5.74, 6) is 2.36. The van der Waals surface area contributed by atoms with Gasteiger partial charge in [0, 0.05) is 36.7 Å². The molecule has 2 heterocycles. The molecular weight excluding hydrogens is 398 g/mol. The standard InChI is InChI=1S/C26H33N5O/c1-15-9-10-21(18(4)17(15)3)29-26-27-14-16(2)25(30-26)28-22-13-23-24(20(6)19(22)5)32-12-8-11-31(23)7/h9-10,13-14H,8,11-12H2,1-7H3,(H2,27,28,29,30). The second-order valence-corrected chi connectivity index (χ2v) is 8.80. The Hall–Kier alpha value is -3.28. The van der Waals surface area contributed by atoms with E-state index in [9.17, 15) is 0 Å². The molecule has 32 heavy (non-hydrogen) atoms. The van der Waals surface area contributed by atoms with Crippen molar-refractivity contribution < 1.29 is 4.74 Å². The van der Waals surface area contributed by atoms with Crippen LogP contribution in [0.5, 0.6) is 5.75 Å². The van der Waals surface area contributed by atoms with Crippen molar-refractivity contribution in [1.29, 1.82) is 0 Å². The van der Waals surface area contributed by atoms with Crippen LogP contribution in [0.1, 0.15) is 39.8 Å². The first kappa shape index (κ1) is 21.9. The molecule has 0 radical (unpaired) electrons. The van der Waals surface area contributed by atoms with Crippen LogP contribution in [0.25, 0.3) is 0 Å². The molecule has 2 N–H and O–H groups in total. The Kier molecular flexibility index (Phi) is 5.96. The minimum Gasteiger partial charge on any atom is -0.491 e. The van der Waals surface area contributed by atoms with Crippen LogP contribution in [0, 0.1) is 41.5 Å². The molecule has 168 valence electrons. The van der Waals surface area contributed by atoms with Crippen LogP contribution in [0.2, 0.25) is 0 Å². The SMILES string of the molecule is Cc1cnc(Nc2ccc(C)c(C)c2C)nc1Nc1cc2c(c(C)c1C)OCCCN2C. The fourth-order valence-electron chi connectivity index (χ4n) is 4.04. The molecule has 0 aliphatic carbocycles. The largest absolute Gasteiger partial charge is 0.491 e. The Balaban J connectivity index is 1.67. The topological polar surface area (TPSA) is 62.3 Å². The number of benzene rings is 2. The molecule has 0 fully saturated rings. The maximum Gasteiger partial charge on any atom is 0.229 e. The molecule has 6 heteroatoms. The van der Waals surface area contributed by atoms with E-state index in [4.69, 9.17) is 9.72 Å². The number of nitrogens with one attached hydrogen (secondary N) is 2. The zero-order valence-electron chi connectivity index (χ0n) is 20.2. The van der Waals surface area contributed by atoms with E-state index in [2.05, 4.69) is 80.4 Å². The third-order valence-corrected chi connectivity index (χ3v) is 6.65. The summed E-state index contributed by atoms with van der Waals surface area (Å²) in [6, 6.07) is 6.38. The Morgan fingerprint density at radius 1 is 0.875 bits per heavy atom. The molecule has 3 aromatic rings. The van der Waals surface area contributed by atoms with E-state index in [1.165, 1.54) is 16.7 Å². The first-order chi connectivity index (χ1) is 15.3. The molecule has 1 aliphatic rings. The molecule has 1 aliphatic heterocycles. The smallest absolute Gasteiger partial charge is 0.229 e. The van der Waals surface area contributed by atoms with Gasteiger partial charge in [0.2, 0.25) is 5.95 Å². The average Bonchev–Trinajstić information content (AvgIpc) is 2.96. The van der Waals surface area contributed by atoms with Crippen molar-refractivity contribution in [3.05, 3.63) is 57.8 Å². The summed E-state index contributed by atoms with van der Waals surface area (Å²) in [6.07, 6.45) is 2.87. The number of aromatic nitrogens is 2. The van der Waals surface area contributed by atoms with Gasteiger partial charge in [-0.05, 0) is 87.9 Å². The zero-order chi connectivity index (χ0) is 23.0. The van der Waals surface area contributed by atoms with Crippen LogP contribution >= 0.6 is 0 Å². The molecule has 0 unspecified atom stereocenters. The highest BCUT2D eigenvalue weighted by Crippen LogP contribution is 2.40. The van der Waals surface area contributed by atoms with E-state index >= 15 is 0 Å². The van der Waals surface area contributed by atoms with Crippen molar-refractivity contribution in [3.63, 3.8) is 0 Å². The summed E-state index contributed by atoms with van der Waals surface area (Å²) in [5, 5.41) is 6.95. The van der Waals surface area contributed by atoms with Gasteiger partial charge in [-0.2, -0.15) is 4.98 Å². The summed E-state index contributed by atoms with van der Waals surface area (Å²) in [6.45, 7) is 14.4. The highest BCUT2D eigenvalue weighted by Gasteiger charge is 2.20. The molecule has 0 amide bonds. The third-order valence-electron chi connectivity index (χ3n) is 6.65. The molecule has 4 rings (SSSR count). The van der Waals surface area contributed by atoms with Gasteiger partial charge in [0.15, 0.2) is 0 Å². The molecule has 0 saturated heterocycles. The van der Waals surface area contributed by atoms with Crippen LogP contribution < -0.4 is 20.3 Å². The monoisotopic (exact) mass is 431 g/mol. The van der Waals surface area contributed by atoms with Gasteiger partial charge in [-0.1, -0.05) is 6.07 Å². The van der Waals surface area contributed by atoms with Crippen LogP contribution in [0.15, 0.2) is 24.4 Å². The molecule has 6 nitrogen and oxygen atoms in total. The Labute approximate surface area is 191 Å². The van der Waals surface area contributed by atoms with Gasteiger partial charge in [0.05, 0.1) is 12.3 Å². The van der Waals surface area contributed by atoms with E-state index in [1.807, 2.05) is 13.1 Å². The van der Waals surface area contributed by atoms with E-state index in [1.54, 1.807) is 0 Å². The highest BCUT2D eigenvalue weighted by atomic mass is 16.5. The van der Waals surface area contributed by atoms with Crippen molar-refractivity contribution >= 4 is 28.8 Å². The van der Waals surface area contributed by atoms with E-state index < -0.39 is 0 Å². The van der Waals surface area contributed by atoms with Crippen molar-refractivity contribution in [2.24, 2.45) is 0 Å². The normalized spacial score (nSPS) is 13.3. The molecule has 2 aromatic carbocycles. The summed E-state index contributed by atoms with van der Waals surface area (Å²) in [5.41, 5.74) is 10.3. The number of ether oxygens (including phenoxy) is 1. The molecular formula is C26H33N5O. The van der Waals surface area contributed by atoms with Crippen molar-refractivity contribution in [2.75, 3.05) is 35.7 Å². The van der Waals surface area contributed by atoms with Gasteiger partial charge in [0.1, 0.15) is 11.6 Å². The molecule has 0 atom stereocenters. The summed E-state index contributed by atoms with van der Waals surface area (Å²) in [4.78, 5) is 11.6. The number of anilines is 5. The number of hydrogen-bond donors (Lipinski definition) is 2. The second-order valence-electron chi connectivity index (χ2n) is 8.80. The van der Waals surface area contributed by atoms with Crippen LogP contribution in [-0.4, -0.2) is 30.2 Å². The molecule has 0 bridgehead atoms. The second kappa shape index (κ2) is 8.69. The fourth-order valence-corrected chi connectivity index (χ4v) is 4.04. The summed E-state index contributed by atoms with van der Waals surface area (Å²) < 4.78 is 6.07. The van der Waals surface area contributed by atoms with Gasteiger partial charge < -0.3 is 20.3 Å². The van der Waals surface area contributed by atoms with E-state index in [-0.39, 0.29) is 0 Å². The number of rotatable bonds is 4. The molecule has 0 saturated carbocycles. The lowest BCUT2D eigenvalue weighted by Gasteiger charge is -2.23. The number of nitrogens with zero attached hydrogens (tertiary/aromatic N) is 3. The van der Waals surface area contributed by atoms with Crippen LogP contribution in [0.3, 0.4) is 0 Å². The molecule has 1 aromatic heterocycles. The molecule has 0 spiro atoms. The Morgan fingerprint density at radius 2 is 1.62 bits per heavy atom. The maximum absolute atomic E-state index is 6.07. The lowest BCUT2D eigenvalue weighted by atomic mass is 10.0. The van der Waals surface area contributed by atoms with Crippen molar-refractivity contribution in [2.45, 2.75) is 48.0 Å². The predicted octanol–water partition coefficient (Wildman–Crippen LogP) is 6.03. The van der Waals surface area contributed by atoms with Crippen LogP contribution in [0.4, 0.5) is 28.8 Å². The van der Waals surface area contributed by atoms with Gasteiger partial charge in [-0.3, -0.25) is 0 Å². The van der Waals surface area contributed by atoms with Crippen molar-refractivity contribution in [1.82, 2.24) is 9.97 Å². The van der Waals surface area contributed by atoms with Gasteiger partial charge in [0.25, 0.3) is 0 Å². The summed E-state index contributed by atoms with van der Waals surface area (Å²) in [7, 11) is 2.12. The quantitative estimate of drug-likeness (QED) is 0.526. The minimum absolute atomic E-state index is 0.578.